The van der Waals surface area contributed by atoms with E-state index in [4.69, 9.17) is 0 Å². The van der Waals surface area contributed by atoms with Crippen LogP contribution in [0.1, 0.15) is 17.5 Å². The number of aryl methyl sites for hydroxylation is 1. The van der Waals surface area contributed by atoms with Gasteiger partial charge in [0.15, 0.2) is 0 Å². The molecular weight excluding hydrogens is 429 g/mol. The van der Waals surface area contributed by atoms with Crippen molar-refractivity contribution in [2.75, 3.05) is 11.4 Å². The van der Waals surface area contributed by atoms with E-state index in [0.29, 0.717) is 6.54 Å². The maximum absolute atomic E-state index is 12.3. The number of rotatable bonds is 4. The van der Waals surface area contributed by atoms with Gasteiger partial charge < -0.3 is 4.90 Å². The van der Waals surface area contributed by atoms with Crippen LogP contribution in [-0.2, 0) is 9.59 Å². The van der Waals surface area contributed by atoms with Crippen molar-refractivity contribution in [3.05, 3.63) is 63.2 Å². The number of nitrogens with one attached hydrogen (secondary N) is 1. The van der Waals surface area contributed by atoms with Gasteiger partial charge in [-0.05, 0) is 59.3 Å². The van der Waals surface area contributed by atoms with Crippen LogP contribution in [0.25, 0.3) is 0 Å². The summed E-state index contributed by atoms with van der Waals surface area (Å²) in [6.07, 6.45) is 1.81. The molecule has 0 aliphatic carbocycles. The summed E-state index contributed by atoms with van der Waals surface area (Å²) in [5.41, 5.74) is 5.41. The molecule has 5 nitrogen and oxygen atoms in total. The fourth-order valence-corrected chi connectivity index (χ4v) is 3.03. The van der Waals surface area contributed by atoms with E-state index in [1.165, 1.54) is 0 Å². The number of carbonyl (C=O) groups excluding carboxylic acids is 2. The Morgan fingerprint density at radius 2 is 1.88 bits per heavy atom. The molecule has 3 rings (SSSR count). The number of hydrazone groups is 1. The second-order valence-corrected chi connectivity index (χ2v) is 7.27. The molecule has 1 atom stereocenters. The van der Waals surface area contributed by atoms with Gasteiger partial charge in [0.1, 0.15) is 0 Å². The third-order valence-corrected chi connectivity index (χ3v) is 4.82. The first-order valence-corrected chi connectivity index (χ1v) is 9.06. The number of hydrogen-bond donors (Lipinski definition) is 1. The van der Waals surface area contributed by atoms with Crippen LogP contribution >= 0.6 is 22.6 Å². The van der Waals surface area contributed by atoms with Crippen molar-refractivity contribution in [2.24, 2.45) is 11.0 Å². The van der Waals surface area contributed by atoms with E-state index in [0.717, 1.165) is 20.4 Å². The number of nitrogens with zero attached hydrogens (tertiary/aromatic N) is 2. The average molecular weight is 447 g/mol. The predicted octanol–water partition coefficient (Wildman–Crippen LogP) is 3.10. The molecule has 0 bridgehead atoms. The summed E-state index contributed by atoms with van der Waals surface area (Å²) in [5.74, 6) is -0.655. The third kappa shape index (κ3) is 4.45. The second kappa shape index (κ2) is 7.77. The molecule has 1 unspecified atom stereocenters. The van der Waals surface area contributed by atoms with E-state index in [1.807, 2.05) is 55.5 Å². The molecule has 1 fully saturated rings. The number of benzene rings is 2. The molecule has 1 aliphatic heterocycles. The van der Waals surface area contributed by atoms with Crippen LogP contribution in [0.3, 0.4) is 0 Å². The lowest BCUT2D eigenvalue weighted by atomic mass is 10.1. The molecule has 128 valence electrons. The highest BCUT2D eigenvalue weighted by molar-refractivity contribution is 14.1. The summed E-state index contributed by atoms with van der Waals surface area (Å²) >= 11 is 2.23. The molecular formula is C19H18IN3O2. The maximum Gasteiger partial charge on any atom is 0.245 e. The van der Waals surface area contributed by atoms with E-state index < -0.39 is 0 Å². The smallest absolute Gasteiger partial charge is 0.245 e. The minimum absolute atomic E-state index is 0.0365. The van der Waals surface area contributed by atoms with Crippen molar-refractivity contribution in [3.63, 3.8) is 0 Å². The molecule has 1 N–H and O–H groups in total. The van der Waals surface area contributed by atoms with Crippen molar-refractivity contribution in [1.29, 1.82) is 0 Å². The highest BCUT2D eigenvalue weighted by Crippen LogP contribution is 2.25. The molecule has 2 amide bonds. The van der Waals surface area contributed by atoms with Gasteiger partial charge in [0.2, 0.25) is 11.8 Å². The molecule has 0 spiro atoms. The first-order valence-electron chi connectivity index (χ1n) is 7.98. The zero-order valence-electron chi connectivity index (χ0n) is 13.8. The number of halogens is 1. The Hall–Kier alpha value is -2.22. The largest absolute Gasteiger partial charge is 0.312 e. The van der Waals surface area contributed by atoms with Crippen LogP contribution in [0.4, 0.5) is 5.69 Å². The highest BCUT2D eigenvalue weighted by atomic mass is 127. The highest BCUT2D eigenvalue weighted by Gasteiger charge is 2.35. The quantitative estimate of drug-likeness (QED) is 0.445. The summed E-state index contributed by atoms with van der Waals surface area (Å²) in [6, 6.07) is 15.5. The van der Waals surface area contributed by atoms with E-state index in [1.54, 1.807) is 11.1 Å². The summed E-state index contributed by atoms with van der Waals surface area (Å²) in [4.78, 5) is 26.1. The van der Waals surface area contributed by atoms with Gasteiger partial charge in [-0.15, -0.1) is 0 Å². The molecule has 2 aromatic rings. The topological polar surface area (TPSA) is 61.8 Å². The zero-order valence-corrected chi connectivity index (χ0v) is 15.9. The molecule has 1 aliphatic rings. The lowest BCUT2D eigenvalue weighted by Crippen LogP contribution is -2.30. The Bertz CT molecular complexity index is 800. The van der Waals surface area contributed by atoms with Crippen molar-refractivity contribution in [2.45, 2.75) is 13.3 Å². The molecule has 0 saturated carbocycles. The van der Waals surface area contributed by atoms with Gasteiger partial charge in [0, 0.05) is 22.2 Å². The predicted molar refractivity (Wildman–Crippen MR) is 107 cm³/mol. The fourth-order valence-electron chi connectivity index (χ4n) is 2.67. The summed E-state index contributed by atoms with van der Waals surface area (Å²) < 4.78 is 1.14. The lowest BCUT2D eigenvalue weighted by molar-refractivity contribution is -0.126. The standard InChI is InChI=1S/C19H18IN3O2/c1-13-2-8-17(9-3-13)23-12-15(10-18(23)24)19(25)22-21-11-14-4-6-16(20)7-5-14/h2-9,11,15H,10,12H2,1H3,(H,22,25)/b21-11-. The monoisotopic (exact) mass is 447 g/mol. The Kier molecular flexibility index (Phi) is 5.47. The zero-order chi connectivity index (χ0) is 17.8. The molecule has 0 radical (unpaired) electrons. The molecule has 1 saturated heterocycles. The van der Waals surface area contributed by atoms with Crippen molar-refractivity contribution in [1.82, 2.24) is 5.43 Å². The van der Waals surface area contributed by atoms with Gasteiger partial charge in [-0.25, -0.2) is 5.43 Å². The fraction of sp³-hybridized carbons (Fsp3) is 0.211. The second-order valence-electron chi connectivity index (χ2n) is 6.03. The number of amides is 2. The van der Waals surface area contributed by atoms with Crippen LogP contribution in [0.15, 0.2) is 53.6 Å². The Balaban J connectivity index is 1.59. The van der Waals surface area contributed by atoms with Gasteiger partial charge in [0.25, 0.3) is 0 Å². The van der Waals surface area contributed by atoms with Gasteiger partial charge >= 0.3 is 0 Å². The van der Waals surface area contributed by atoms with Gasteiger partial charge in [-0.2, -0.15) is 5.10 Å². The van der Waals surface area contributed by atoms with Crippen molar-refractivity contribution < 1.29 is 9.59 Å². The Morgan fingerprint density at radius 1 is 1.20 bits per heavy atom. The lowest BCUT2D eigenvalue weighted by Gasteiger charge is -2.16. The number of hydrogen-bond acceptors (Lipinski definition) is 3. The first kappa shape index (κ1) is 17.6. The van der Waals surface area contributed by atoms with Gasteiger partial charge in [-0.1, -0.05) is 29.8 Å². The molecule has 0 aromatic heterocycles. The van der Waals surface area contributed by atoms with E-state index in [2.05, 4.69) is 33.1 Å². The number of anilines is 1. The number of carbonyl (C=O) groups is 2. The van der Waals surface area contributed by atoms with E-state index in [-0.39, 0.29) is 24.2 Å². The molecule has 6 heteroatoms. The summed E-state index contributed by atoms with van der Waals surface area (Å²) in [6.45, 7) is 2.38. The maximum atomic E-state index is 12.3. The minimum Gasteiger partial charge on any atom is -0.312 e. The van der Waals surface area contributed by atoms with Crippen LogP contribution in [0, 0.1) is 16.4 Å². The Labute approximate surface area is 160 Å². The normalized spacial score (nSPS) is 17.3. The van der Waals surface area contributed by atoms with Crippen LogP contribution < -0.4 is 10.3 Å². The Morgan fingerprint density at radius 3 is 2.56 bits per heavy atom. The summed E-state index contributed by atoms with van der Waals surface area (Å²) in [7, 11) is 0. The average Bonchev–Trinajstić information content (AvgIpc) is 2.99. The van der Waals surface area contributed by atoms with E-state index >= 15 is 0 Å². The SMILES string of the molecule is Cc1ccc(N2CC(C(=O)N/N=C\c3ccc(I)cc3)CC2=O)cc1. The van der Waals surface area contributed by atoms with Crippen LogP contribution in [0.5, 0.6) is 0 Å². The third-order valence-electron chi connectivity index (χ3n) is 4.10. The molecule has 2 aromatic carbocycles. The van der Waals surface area contributed by atoms with Crippen LogP contribution in [-0.4, -0.2) is 24.6 Å². The molecule has 25 heavy (non-hydrogen) atoms. The van der Waals surface area contributed by atoms with Gasteiger partial charge in [0.05, 0.1) is 12.1 Å². The van der Waals surface area contributed by atoms with Crippen LogP contribution in [0.2, 0.25) is 0 Å². The first-order chi connectivity index (χ1) is 12.0. The van der Waals surface area contributed by atoms with Gasteiger partial charge in [-0.3, -0.25) is 9.59 Å². The summed E-state index contributed by atoms with van der Waals surface area (Å²) in [5, 5.41) is 3.99. The van der Waals surface area contributed by atoms with E-state index in [9.17, 15) is 9.59 Å². The van der Waals surface area contributed by atoms with Crippen molar-refractivity contribution >= 4 is 46.3 Å². The molecule has 1 heterocycles. The van der Waals surface area contributed by atoms with Crippen molar-refractivity contribution in [3.8, 4) is 0 Å². The minimum atomic E-state index is -0.386.